The molecule has 0 unspecified atom stereocenters. The first-order valence-electron chi connectivity index (χ1n) is 8.46. The van der Waals surface area contributed by atoms with Gasteiger partial charge in [0.05, 0.1) is 0 Å². The van der Waals surface area contributed by atoms with E-state index in [1.807, 2.05) is 19.9 Å². The zero-order valence-corrected chi connectivity index (χ0v) is 15.7. The molecule has 8 heteroatoms. The van der Waals surface area contributed by atoms with Gasteiger partial charge in [0.2, 0.25) is 5.89 Å². The van der Waals surface area contributed by atoms with Crippen LogP contribution in [0.3, 0.4) is 0 Å². The van der Waals surface area contributed by atoms with Crippen LogP contribution >= 0.6 is 11.6 Å². The Morgan fingerprint density at radius 1 is 1.24 bits per heavy atom. The second kappa shape index (κ2) is 9.98. The topological polar surface area (TPSA) is 88.2 Å². The maximum Gasteiger partial charge on any atom is 0.226 e. The minimum atomic E-state index is 0.287. The maximum absolute atomic E-state index is 5.78. The molecule has 2 heterocycles. The standard InChI is InChI=1S/C17H25ClN6O/c1-12(2)16-23-15(25-24-16)5-4-9-20-17(19-3)21-10-8-13-6-7-14(18)22-11-13/h6-7,11-12H,4-5,8-10H2,1-3H3,(H2,19,20,21). The molecule has 0 radical (unpaired) electrons. The summed E-state index contributed by atoms with van der Waals surface area (Å²) in [5.41, 5.74) is 1.13. The number of rotatable bonds is 8. The van der Waals surface area contributed by atoms with Crippen LogP contribution in [0.25, 0.3) is 0 Å². The van der Waals surface area contributed by atoms with Crippen LogP contribution in [0.2, 0.25) is 5.15 Å². The van der Waals surface area contributed by atoms with Gasteiger partial charge in [-0.25, -0.2) is 4.98 Å². The number of aryl methyl sites for hydroxylation is 1. The van der Waals surface area contributed by atoms with Crippen molar-refractivity contribution in [3.8, 4) is 0 Å². The lowest BCUT2D eigenvalue weighted by Crippen LogP contribution is -2.38. The molecule has 136 valence electrons. The SMILES string of the molecule is CN=C(NCCCc1nc(C(C)C)no1)NCCc1ccc(Cl)nc1. The Labute approximate surface area is 153 Å². The van der Waals surface area contributed by atoms with E-state index < -0.39 is 0 Å². The highest BCUT2D eigenvalue weighted by atomic mass is 35.5. The molecule has 0 aliphatic carbocycles. The second-order valence-electron chi connectivity index (χ2n) is 5.97. The average molecular weight is 365 g/mol. The number of pyridine rings is 1. The van der Waals surface area contributed by atoms with Gasteiger partial charge in [-0.1, -0.05) is 36.7 Å². The van der Waals surface area contributed by atoms with Crippen molar-refractivity contribution in [2.24, 2.45) is 4.99 Å². The summed E-state index contributed by atoms with van der Waals surface area (Å²) in [7, 11) is 1.76. The van der Waals surface area contributed by atoms with Gasteiger partial charge in [-0.3, -0.25) is 4.99 Å². The molecule has 0 aliphatic rings. The fraction of sp³-hybridized carbons (Fsp3) is 0.529. The van der Waals surface area contributed by atoms with Gasteiger partial charge in [-0.15, -0.1) is 0 Å². The molecule has 0 aromatic carbocycles. The van der Waals surface area contributed by atoms with Gasteiger partial charge in [-0.05, 0) is 24.5 Å². The van der Waals surface area contributed by atoms with E-state index >= 15 is 0 Å². The van der Waals surface area contributed by atoms with Gasteiger partial charge in [0.1, 0.15) is 5.15 Å². The molecule has 25 heavy (non-hydrogen) atoms. The van der Waals surface area contributed by atoms with Crippen LogP contribution in [0.15, 0.2) is 27.8 Å². The summed E-state index contributed by atoms with van der Waals surface area (Å²) >= 11 is 5.78. The predicted molar refractivity (Wildman–Crippen MR) is 99.0 cm³/mol. The van der Waals surface area contributed by atoms with E-state index in [9.17, 15) is 0 Å². The van der Waals surface area contributed by atoms with Crippen molar-refractivity contribution in [2.45, 2.75) is 39.0 Å². The van der Waals surface area contributed by atoms with Gasteiger partial charge >= 0.3 is 0 Å². The van der Waals surface area contributed by atoms with Gasteiger partial charge < -0.3 is 15.2 Å². The van der Waals surface area contributed by atoms with Crippen LogP contribution in [0, 0.1) is 0 Å². The summed E-state index contributed by atoms with van der Waals surface area (Å²) < 4.78 is 5.23. The molecular weight excluding hydrogens is 340 g/mol. The molecule has 2 aromatic heterocycles. The third kappa shape index (κ3) is 6.70. The molecule has 2 rings (SSSR count). The van der Waals surface area contributed by atoms with Crippen LogP contribution in [0.4, 0.5) is 0 Å². The lowest BCUT2D eigenvalue weighted by Gasteiger charge is -2.11. The van der Waals surface area contributed by atoms with Gasteiger partial charge in [0, 0.05) is 38.7 Å². The highest BCUT2D eigenvalue weighted by Crippen LogP contribution is 2.10. The summed E-state index contributed by atoms with van der Waals surface area (Å²) in [5, 5.41) is 11.0. The van der Waals surface area contributed by atoms with Gasteiger partial charge in [0.25, 0.3) is 0 Å². The summed E-state index contributed by atoms with van der Waals surface area (Å²) in [6, 6.07) is 3.77. The highest BCUT2D eigenvalue weighted by Gasteiger charge is 2.09. The van der Waals surface area contributed by atoms with Crippen molar-refractivity contribution >= 4 is 17.6 Å². The Morgan fingerprint density at radius 2 is 2.04 bits per heavy atom. The molecule has 0 bridgehead atoms. The van der Waals surface area contributed by atoms with Gasteiger partial charge in [-0.2, -0.15) is 4.98 Å². The maximum atomic E-state index is 5.78. The number of halogens is 1. The zero-order valence-electron chi connectivity index (χ0n) is 14.9. The zero-order chi connectivity index (χ0) is 18.1. The van der Waals surface area contributed by atoms with Crippen molar-refractivity contribution in [1.29, 1.82) is 0 Å². The van der Waals surface area contributed by atoms with E-state index in [2.05, 4.69) is 30.8 Å². The third-order valence-corrected chi connectivity index (χ3v) is 3.80. The fourth-order valence-corrected chi connectivity index (χ4v) is 2.26. The number of guanidine groups is 1. The van der Waals surface area contributed by atoms with E-state index in [1.165, 1.54) is 0 Å². The van der Waals surface area contributed by atoms with E-state index in [4.69, 9.17) is 16.1 Å². The minimum Gasteiger partial charge on any atom is -0.356 e. The molecule has 0 atom stereocenters. The Hall–Kier alpha value is -2.15. The molecule has 0 spiro atoms. The first kappa shape index (κ1) is 19.2. The molecule has 2 N–H and O–H groups in total. The number of nitrogens with one attached hydrogen (secondary N) is 2. The molecule has 0 fully saturated rings. The summed E-state index contributed by atoms with van der Waals surface area (Å²) in [4.78, 5) is 12.7. The Kier molecular flexibility index (Phi) is 7.66. The number of aliphatic imine (C=N–C) groups is 1. The smallest absolute Gasteiger partial charge is 0.226 e. The van der Waals surface area contributed by atoms with Crippen molar-refractivity contribution in [3.63, 3.8) is 0 Å². The van der Waals surface area contributed by atoms with Crippen molar-refractivity contribution in [1.82, 2.24) is 25.8 Å². The van der Waals surface area contributed by atoms with Gasteiger partial charge in [0.15, 0.2) is 11.8 Å². The van der Waals surface area contributed by atoms with Crippen LogP contribution in [-0.4, -0.2) is 41.2 Å². The monoisotopic (exact) mass is 364 g/mol. The molecular formula is C17H25ClN6O. The van der Waals surface area contributed by atoms with Crippen molar-refractivity contribution in [2.75, 3.05) is 20.1 Å². The van der Waals surface area contributed by atoms with Crippen molar-refractivity contribution in [3.05, 3.63) is 40.8 Å². The van der Waals surface area contributed by atoms with Crippen LogP contribution in [0.1, 0.15) is 43.5 Å². The van der Waals surface area contributed by atoms with Crippen LogP contribution in [0.5, 0.6) is 0 Å². The molecule has 2 aromatic rings. The van der Waals surface area contributed by atoms with E-state index in [0.29, 0.717) is 11.0 Å². The fourth-order valence-electron chi connectivity index (χ4n) is 2.15. The number of nitrogens with zero attached hydrogens (tertiary/aromatic N) is 4. The van der Waals surface area contributed by atoms with E-state index in [1.54, 1.807) is 19.3 Å². The molecule has 0 aliphatic heterocycles. The molecule has 7 nitrogen and oxygen atoms in total. The van der Waals surface area contributed by atoms with Crippen LogP contribution in [-0.2, 0) is 12.8 Å². The average Bonchev–Trinajstić information content (AvgIpc) is 3.08. The van der Waals surface area contributed by atoms with Crippen molar-refractivity contribution < 1.29 is 4.52 Å². The number of aromatic nitrogens is 3. The number of hydrogen-bond donors (Lipinski definition) is 2. The predicted octanol–water partition coefficient (Wildman–Crippen LogP) is 2.58. The first-order valence-corrected chi connectivity index (χ1v) is 8.83. The number of hydrogen-bond acceptors (Lipinski definition) is 5. The molecule has 0 saturated heterocycles. The first-order chi connectivity index (χ1) is 12.1. The summed E-state index contributed by atoms with van der Waals surface area (Å²) in [5.74, 6) is 2.51. The summed E-state index contributed by atoms with van der Waals surface area (Å²) in [6.45, 7) is 5.64. The second-order valence-corrected chi connectivity index (χ2v) is 6.36. The van der Waals surface area contributed by atoms with E-state index in [-0.39, 0.29) is 5.92 Å². The normalized spacial score (nSPS) is 11.8. The lowest BCUT2D eigenvalue weighted by molar-refractivity contribution is 0.368. The van der Waals surface area contributed by atoms with E-state index in [0.717, 1.165) is 49.7 Å². The third-order valence-electron chi connectivity index (χ3n) is 3.58. The lowest BCUT2D eigenvalue weighted by atomic mass is 10.2. The molecule has 0 amide bonds. The Balaban J connectivity index is 1.63. The minimum absolute atomic E-state index is 0.287. The highest BCUT2D eigenvalue weighted by molar-refractivity contribution is 6.29. The Bertz CT molecular complexity index is 668. The quantitative estimate of drug-likeness (QED) is 0.324. The van der Waals surface area contributed by atoms with Crippen LogP contribution < -0.4 is 10.6 Å². The largest absolute Gasteiger partial charge is 0.356 e. The Morgan fingerprint density at radius 3 is 2.68 bits per heavy atom. The summed E-state index contributed by atoms with van der Waals surface area (Å²) in [6.07, 6.45) is 4.28. The molecule has 0 saturated carbocycles.